The van der Waals surface area contributed by atoms with Crippen LogP contribution in [0.15, 0.2) is 29.6 Å². The fraction of sp³-hybridized carbons (Fsp3) is 0.312. The number of halogens is 3. The first-order chi connectivity index (χ1) is 11.6. The Morgan fingerprint density at radius 1 is 1.36 bits per heavy atom. The van der Waals surface area contributed by atoms with E-state index in [1.54, 1.807) is 12.3 Å². The maximum atomic E-state index is 12.7. The van der Waals surface area contributed by atoms with Gasteiger partial charge in [0.05, 0.1) is 22.7 Å². The van der Waals surface area contributed by atoms with Crippen molar-refractivity contribution in [2.24, 2.45) is 0 Å². The Labute approximate surface area is 145 Å². The van der Waals surface area contributed by atoms with Crippen LogP contribution in [0.2, 0.25) is 0 Å². The van der Waals surface area contributed by atoms with E-state index in [-0.39, 0.29) is 12.1 Å². The summed E-state index contributed by atoms with van der Waals surface area (Å²) in [5.41, 5.74) is -0.371. The van der Waals surface area contributed by atoms with E-state index in [0.29, 0.717) is 5.69 Å². The number of thiazole rings is 1. The smallest absolute Gasteiger partial charge is 0.416 e. The lowest BCUT2D eigenvalue weighted by Gasteiger charge is -2.14. The lowest BCUT2D eigenvalue weighted by atomic mass is 10.2. The van der Waals surface area contributed by atoms with Gasteiger partial charge in [0, 0.05) is 11.1 Å². The number of benzene rings is 1. The van der Waals surface area contributed by atoms with Gasteiger partial charge in [-0.2, -0.15) is 13.2 Å². The molecule has 0 spiro atoms. The molecule has 0 aliphatic rings. The molecule has 2 rings (SSSR count). The fourth-order valence-electron chi connectivity index (χ4n) is 1.95. The molecule has 1 amide bonds. The molecule has 9 heteroatoms. The van der Waals surface area contributed by atoms with E-state index in [1.165, 1.54) is 30.4 Å². The Bertz CT molecular complexity index is 774. The molecule has 25 heavy (non-hydrogen) atoms. The number of carbonyl (C=O) groups is 2. The van der Waals surface area contributed by atoms with Gasteiger partial charge < -0.3 is 10.1 Å². The second kappa shape index (κ2) is 7.64. The lowest BCUT2D eigenvalue weighted by molar-refractivity contribution is -0.152. The minimum Gasteiger partial charge on any atom is -0.452 e. The highest BCUT2D eigenvalue weighted by Gasteiger charge is 2.30. The summed E-state index contributed by atoms with van der Waals surface area (Å²) in [5.74, 6) is -1.36. The van der Waals surface area contributed by atoms with Gasteiger partial charge in [0.25, 0.3) is 5.91 Å². The van der Waals surface area contributed by atoms with E-state index in [4.69, 9.17) is 4.74 Å². The number of aryl methyl sites for hydroxylation is 1. The van der Waals surface area contributed by atoms with Crippen molar-refractivity contribution < 1.29 is 27.5 Å². The summed E-state index contributed by atoms with van der Waals surface area (Å²) in [6.45, 7) is 3.14. The summed E-state index contributed by atoms with van der Waals surface area (Å²) in [5, 5.41) is 4.81. The highest BCUT2D eigenvalue weighted by molar-refractivity contribution is 7.09. The minimum absolute atomic E-state index is 0.0298. The highest BCUT2D eigenvalue weighted by atomic mass is 32.1. The predicted octanol–water partition coefficient (Wildman–Crippen LogP) is 3.58. The number of carbonyl (C=O) groups excluding carboxylic acids is 2. The first-order valence-corrected chi connectivity index (χ1v) is 8.11. The monoisotopic (exact) mass is 372 g/mol. The molecule has 1 atom stereocenters. The van der Waals surface area contributed by atoms with Crippen molar-refractivity contribution in [1.82, 2.24) is 4.98 Å². The molecule has 0 radical (unpaired) electrons. The van der Waals surface area contributed by atoms with Gasteiger partial charge in [0.2, 0.25) is 0 Å². The Balaban J connectivity index is 1.93. The van der Waals surface area contributed by atoms with Gasteiger partial charge in [0.15, 0.2) is 6.10 Å². The van der Waals surface area contributed by atoms with Crippen molar-refractivity contribution in [2.45, 2.75) is 32.5 Å². The van der Waals surface area contributed by atoms with E-state index in [1.807, 2.05) is 0 Å². The zero-order valence-electron chi connectivity index (χ0n) is 13.4. The molecular formula is C16H15F3N2O3S. The number of aromatic nitrogens is 1. The van der Waals surface area contributed by atoms with Crippen molar-refractivity contribution in [3.8, 4) is 0 Å². The van der Waals surface area contributed by atoms with E-state index in [2.05, 4.69) is 10.3 Å². The zero-order valence-corrected chi connectivity index (χ0v) is 14.2. The average Bonchev–Trinajstić information content (AvgIpc) is 2.91. The first-order valence-electron chi connectivity index (χ1n) is 7.24. The van der Waals surface area contributed by atoms with Crippen LogP contribution in [0.25, 0.3) is 0 Å². The summed E-state index contributed by atoms with van der Waals surface area (Å²) >= 11 is 1.39. The van der Waals surface area contributed by atoms with Gasteiger partial charge in [0.1, 0.15) is 0 Å². The van der Waals surface area contributed by atoms with Crippen LogP contribution in [0.3, 0.4) is 0 Å². The normalized spacial score (nSPS) is 12.5. The molecule has 0 aliphatic heterocycles. The molecule has 2 aromatic rings. The summed E-state index contributed by atoms with van der Waals surface area (Å²) in [4.78, 5) is 27.9. The van der Waals surface area contributed by atoms with Crippen LogP contribution in [-0.4, -0.2) is 23.0 Å². The number of esters is 1. The van der Waals surface area contributed by atoms with Crippen LogP contribution >= 0.6 is 11.3 Å². The van der Waals surface area contributed by atoms with Crippen molar-refractivity contribution >= 4 is 28.9 Å². The van der Waals surface area contributed by atoms with Crippen LogP contribution in [0, 0.1) is 6.92 Å². The Morgan fingerprint density at radius 3 is 2.68 bits per heavy atom. The molecule has 1 aromatic carbocycles. The number of amides is 1. The van der Waals surface area contributed by atoms with Gasteiger partial charge in [-0.25, -0.2) is 4.98 Å². The van der Waals surface area contributed by atoms with Gasteiger partial charge in [-0.15, -0.1) is 11.3 Å². The number of ether oxygens (including phenoxy) is 1. The van der Waals surface area contributed by atoms with Gasteiger partial charge in [-0.1, -0.05) is 6.07 Å². The third kappa shape index (κ3) is 5.56. The quantitative estimate of drug-likeness (QED) is 0.815. The van der Waals surface area contributed by atoms with E-state index >= 15 is 0 Å². The maximum Gasteiger partial charge on any atom is 0.416 e. The van der Waals surface area contributed by atoms with Crippen LogP contribution in [-0.2, 0) is 26.9 Å². The molecule has 0 aliphatic carbocycles. The highest BCUT2D eigenvalue weighted by Crippen LogP contribution is 2.30. The number of nitrogens with one attached hydrogen (secondary N) is 1. The summed E-state index contributed by atoms with van der Waals surface area (Å²) in [7, 11) is 0. The largest absolute Gasteiger partial charge is 0.452 e. The van der Waals surface area contributed by atoms with E-state index in [0.717, 1.165) is 17.1 Å². The topological polar surface area (TPSA) is 68.3 Å². The lowest BCUT2D eigenvalue weighted by Crippen LogP contribution is -2.30. The van der Waals surface area contributed by atoms with Crippen LogP contribution < -0.4 is 5.32 Å². The molecule has 1 heterocycles. The number of alkyl halides is 3. The molecule has 0 fully saturated rings. The molecule has 1 aromatic heterocycles. The number of hydrogen-bond donors (Lipinski definition) is 1. The van der Waals surface area contributed by atoms with Gasteiger partial charge in [-0.05, 0) is 32.0 Å². The molecule has 134 valence electrons. The Kier molecular flexibility index (Phi) is 5.78. The van der Waals surface area contributed by atoms with Crippen LogP contribution in [0.1, 0.15) is 23.2 Å². The summed E-state index contributed by atoms with van der Waals surface area (Å²) < 4.78 is 43.0. The number of hydrogen-bond acceptors (Lipinski definition) is 5. The summed E-state index contributed by atoms with van der Waals surface area (Å²) in [6.07, 6.45) is -5.74. The summed E-state index contributed by atoms with van der Waals surface area (Å²) in [6, 6.07) is 4.21. The molecule has 1 N–H and O–H groups in total. The Morgan fingerprint density at radius 2 is 2.08 bits per heavy atom. The molecular weight excluding hydrogens is 357 g/mol. The molecule has 0 bridgehead atoms. The second-order valence-electron chi connectivity index (χ2n) is 5.23. The van der Waals surface area contributed by atoms with E-state index in [9.17, 15) is 22.8 Å². The van der Waals surface area contributed by atoms with Gasteiger partial charge in [-0.3, -0.25) is 9.59 Å². The third-order valence-electron chi connectivity index (χ3n) is 3.13. The SMILES string of the molecule is Cc1nc(CC(=O)O[C@H](C)C(=O)Nc2cccc(C(F)(F)F)c2)cs1. The predicted molar refractivity (Wildman–Crippen MR) is 86.2 cm³/mol. The zero-order chi connectivity index (χ0) is 18.6. The minimum atomic E-state index is -4.51. The van der Waals surface area contributed by atoms with Crippen molar-refractivity contribution in [3.63, 3.8) is 0 Å². The van der Waals surface area contributed by atoms with Crippen molar-refractivity contribution in [2.75, 3.05) is 5.32 Å². The number of anilines is 1. The molecule has 0 saturated carbocycles. The average molecular weight is 372 g/mol. The third-order valence-corrected chi connectivity index (χ3v) is 3.95. The second-order valence-corrected chi connectivity index (χ2v) is 6.30. The molecule has 0 saturated heterocycles. The van der Waals surface area contributed by atoms with Crippen LogP contribution in [0.5, 0.6) is 0 Å². The molecule has 5 nitrogen and oxygen atoms in total. The molecule has 0 unspecified atom stereocenters. The Hall–Kier alpha value is -2.42. The van der Waals surface area contributed by atoms with E-state index < -0.39 is 29.7 Å². The fourth-order valence-corrected chi connectivity index (χ4v) is 2.56. The standard InChI is InChI=1S/C16H15F3N2O3S/c1-9(24-14(22)7-13-8-25-10(2)20-13)15(23)21-12-5-3-4-11(6-12)16(17,18)19/h3-6,8-9H,7H2,1-2H3,(H,21,23)/t9-/m1/s1. The van der Waals surface area contributed by atoms with Crippen molar-refractivity contribution in [3.05, 3.63) is 45.9 Å². The maximum absolute atomic E-state index is 12.7. The number of nitrogens with zero attached hydrogens (tertiary/aromatic N) is 1. The first kappa shape index (κ1) is 18.9. The van der Waals surface area contributed by atoms with Crippen LogP contribution in [0.4, 0.5) is 18.9 Å². The van der Waals surface area contributed by atoms with Crippen molar-refractivity contribution in [1.29, 1.82) is 0 Å². The number of rotatable bonds is 5. The van der Waals surface area contributed by atoms with Gasteiger partial charge >= 0.3 is 12.1 Å².